The van der Waals surface area contributed by atoms with Crippen molar-refractivity contribution < 1.29 is 9.90 Å². The van der Waals surface area contributed by atoms with Crippen molar-refractivity contribution in [1.82, 2.24) is 10.3 Å². The molecule has 0 spiro atoms. The molecule has 1 amide bonds. The number of aromatic nitrogens is 1. The summed E-state index contributed by atoms with van der Waals surface area (Å²) in [6, 6.07) is 7.14. The Kier molecular flexibility index (Phi) is 4.40. The molecule has 1 atom stereocenters. The molecule has 6 rings (SSSR count). The minimum atomic E-state index is -0.645. The van der Waals surface area contributed by atoms with Gasteiger partial charge in [0.15, 0.2) is 0 Å². The second-order valence-electron chi connectivity index (χ2n) is 9.50. The van der Waals surface area contributed by atoms with E-state index in [1.807, 2.05) is 6.07 Å². The van der Waals surface area contributed by atoms with Gasteiger partial charge in [0.2, 0.25) is 0 Å². The monoisotopic (exact) mass is 398 g/mol. The lowest BCUT2D eigenvalue weighted by molar-refractivity contribution is -0.0503. The van der Waals surface area contributed by atoms with Gasteiger partial charge in [0, 0.05) is 11.9 Å². The highest BCUT2D eigenvalue weighted by molar-refractivity contribution is 6.35. The molecule has 2 N–H and O–H groups in total. The van der Waals surface area contributed by atoms with Gasteiger partial charge in [-0.2, -0.15) is 0 Å². The molecule has 0 aliphatic heterocycles. The van der Waals surface area contributed by atoms with Gasteiger partial charge < -0.3 is 10.4 Å². The Bertz CT molecular complexity index is 904. The summed E-state index contributed by atoms with van der Waals surface area (Å²) in [6.45, 7) is 2.43. The van der Waals surface area contributed by atoms with Crippen molar-refractivity contribution >= 4 is 28.4 Å². The van der Waals surface area contributed by atoms with Gasteiger partial charge in [0.1, 0.15) is 0 Å². The summed E-state index contributed by atoms with van der Waals surface area (Å²) < 4.78 is 0. The first kappa shape index (κ1) is 18.4. The number of carbonyl (C=O) groups is 1. The molecule has 1 unspecified atom stereocenters. The highest BCUT2D eigenvalue weighted by Gasteiger charge is 2.50. The van der Waals surface area contributed by atoms with E-state index in [0.29, 0.717) is 27.2 Å². The molecule has 0 radical (unpaired) electrons. The van der Waals surface area contributed by atoms with Gasteiger partial charge in [-0.15, -0.1) is 0 Å². The van der Waals surface area contributed by atoms with Crippen molar-refractivity contribution in [2.24, 2.45) is 23.2 Å². The summed E-state index contributed by atoms with van der Waals surface area (Å²) in [5.41, 5.74) is 2.06. The fraction of sp³-hybridized carbons (Fsp3) is 0.565. The molecule has 148 valence electrons. The maximum Gasteiger partial charge on any atom is 0.253 e. The quantitative estimate of drug-likeness (QED) is 0.770. The number of carbonyl (C=O) groups excluding carboxylic acids is 1. The van der Waals surface area contributed by atoms with Crippen LogP contribution in [0.25, 0.3) is 10.9 Å². The van der Waals surface area contributed by atoms with Crippen molar-refractivity contribution in [1.29, 1.82) is 0 Å². The standard InChI is InChI=1S/C23H27ClN2O2/c1-13(27)19-4-2-17-20(26-19)5-3-18(24)21(17)22(28)25-12-23-9-14-6-15(10-23)8-16(7-14)11-23/h2-5,13-16,27H,6-12H2,1H3,(H,25,28). The number of rotatable bonds is 4. The first-order chi connectivity index (χ1) is 13.4. The van der Waals surface area contributed by atoms with E-state index in [-0.39, 0.29) is 5.91 Å². The molecule has 4 fully saturated rings. The number of aliphatic hydroxyl groups is 1. The van der Waals surface area contributed by atoms with Gasteiger partial charge >= 0.3 is 0 Å². The third kappa shape index (κ3) is 3.11. The number of hydrogen-bond acceptors (Lipinski definition) is 3. The molecule has 4 nitrogen and oxygen atoms in total. The van der Waals surface area contributed by atoms with Crippen LogP contribution in [0.15, 0.2) is 24.3 Å². The SMILES string of the molecule is CC(O)c1ccc2c(C(=O)NCC34CC5CC(CC(C5)C3)C4)c(Cl)ccc2n1. The van der Waals surface area contributed by atoms with Crippen LogP contribution in [-0.2, 0) is 0 Å². The highest BCUT2D eigenvalue weighted by Crippen LogP contribution is 2.59. The predicted molar refractivity (Wildman–Crippen MR) is 110 cm³/mol. The van der Waals surface area contributed by atoms with E-state index < -0.39 is 6.10 Å². The lowest BCUT2D eigenvalue weighted by Gasteiger charge is -2.56. The van der Waals surface area contributed by atoms with E-state index >= 15 is 0 Å². The van der Waals surface area contributed by atoms with Gasteiger partial charge in [-0.3, -0.25) is 9.78 Å². The van der Waals surface area contributed by atoms with Crippen LogP contribution < -0.4 is 5.32 Å². The van der Waals surface area contributed by atoms with Crippen molar-refractivity contribution in [3.63, 3.8) is 0 Å². The lowest BCUT2D eigenvalue weighted by atomic mass is 9.49. The molecule has 5 heteroatoms. The lowest BCUT2D eigenvalue weighted by Crippen LogP contribution is -2.51. The van der Waals surface area contributed by atoms with Gasteiger partial charge in [0.25, 0.3) is 5.91 Å². The molecule has 1 heterocycles. The van der Waals surface area contributed by atoms with E-state index in [1.165, 1.54) is 38.5 Å². The molecule has 4 saturated carbocycles. The number of benzene rings is 1. The Morgan fingerprint density at radius 2 is 1.82 bits per heavy atom. The number of fused-ring (bicyclic) bond motifs is 1. The normalized spacial score (nSPS) is 31.9. The summed E-state index contributed by atoms with van der Waals surface area (Å²) in [4.78, 5) is 17.6. The first-order valence-corrected chi connectivity index (χ1v) is 10.9. The molecule has 2 aromatic rings. The van der Waals surface area contributed by atoms with Crippen LogP contribution in [0.4, 0.5) is 0 Å². The van der Waals surface area contributed by atoms with Crippen molar-refractivity contribution in [3.05, 3.63) is 40.5 Å². The van der Waals surface area contributed by atoms with Crippen LogP contribution in [-0.4, -0.2) is 22.5 Å². The Hall–Kier alpha value is -1.65. The molecular weight excluding hydrogens is 372 g/mol. The summed E-state index contributed by atoms with van der Waals surface area (Å²) in [5, 5.41) is 14.2. The van der Waals surface area contributed by atoms with Gasteiger partial charge in [-0.25, -0.2) is 0 Å². The molecule has 4 aliphatic rings. The topological polar surface area (TPSA) is 62.2 Å². The third-order valence-corrected chi connectivity index (χ3v) is 7.60. The zero-order chi connectivity index (χ0) is 19.5. The van der Waals surface area contributed by atoms with E-state index in [9.17, 15) is 9.90 Å². The van der Waals surface area contributed by atoms with Crippen molar-refractivity contribution in [2.45, 2.75) is 51.6 Å². The number of nitrogens with zero attached hydrogens (tertiary/aromatic N) is 1. The van der Waals surface area contributed by atoms with Crippen LogP contribution >= 0.6 is 11.6 Å². The number of nitrogens with one attached hydrogen (secondary N) is 1. The predicted octanol–water partition coefficient (Wildman–Crippen LogP) is 4.89. The summed E-state index contributed by atoms with van der Waals surface area (Å²) in [7, 11) is 0. The molecule has 0 saturated heterocycles. The molecule has 1 aromatic heterocycles. The molecule has 28 heavy (non-hydrogen) atoms. The van der Waals surface area contributed by atoms with E-state index in [2.05, 4.69) is 10.3 Å². The van der Waals surface area contributed by atoms with Gasteiger partial charge in [0.05, 0.1) is 27.9 Å². The molecular formula is C23H27ClN2O2. The zero-order valence-electron chi connectivity index (χ0n) is 16.2. The number of aliphatic hydroxyl groups excluding tert-OH is 1. The zero-order valence-corrected chi connectivity index (χ0v) is 17.0. The van der Waals surface area contributed by atoms with Crippen LogP contribution in [0, 0.1) is 23.2 Å². The largest absolute Gasteiger partial charge is 0.387 e. The third-order valence-electron chi connectivity index (χ3n) is 7.29. The number of hydrogen-bond donors (Lipinski definition) is 2. The Balaban J connectivity index is 1.39. The second kappa shape index (κ2) is 6.70. The Morgan fingerprint density at radius 1 is 1.18 bits per heavy atom. The van der Waals surface area contributed by atoms with Crippen molar-refractivity contribution in [3.8, 4) is 0 Å². The number of halogens is 1. The van der Waals surface area contributed by atoms with Crippen LogP contribution in [0.2, 0.25) is 5.02 Å². The van der Waals surface area contributed by atoms with Gasteiger partial charge in [-0.05, 0) is 86.8 Å². The van der Waals surface area contributed by atoms with Crippen molar-refractivity contribution in [2.75, 3.05) is 6.54 Å². The maximum atomic E-state index is 13.1. The minimum Gasteiger partial charge on any atom is -0.387 e. The Morgan fingerprint density at radius 3 is 2.43 bits per heavy atom. The smallest absolute Gasteiger partial charge is 0.253 e. The first-order valence-electron chi connectivity index (χ1n) is 10.5. The fourth-order valence-electron chi connectivity index (χ4n) is 6.52. The Labute approximate surface area is 170 Å². The summed E-state index contributed by atoms with van der Waals surface area (Å²) in [6.07, 6.45) is 7.36. The van der Waals surface area contributed by atoms with Crippen LogP contribution in [0.1, 0.15) is 67.6 Å². The highest BCUT2D eigenvalue weighted by atomic mass is 35.5. The molecule has 4 bridgehead atoms. The number of amides is 1. The van der Waals surface area contributed by atoms with Gasteiger partial charge in [-0.1, -0.05) is 17.7 Å². The summed E-state index contributed by atoms with van der Waals surface area (Å²) in [5.74, 6) is 2.49. The van der Waals surface area contributed by atoms with Crippen LogP contribution in [0.3, 0.4) is 0 Å². The number of pyridine rings is 1. The molecule has 1 aromatic carbocycles. The minimum absolute atomic E-state index is 0.113. The second-order valence-corrected chi connectivity index (χ2v) is 9.91. The fourth-order valence-corrected chi connectivity index (χ4v) is 6.77. The van der Waals surface area contributed by atoms with Crippen LogP contribution in [0.5, 0.6) is 0 Å². The molecule has 4 aliphatic carbocycles. The maximum absolute atomic E-state index is 13.1. The average molecular weight is 399 g/mol. The van der Waals surface area contributed by atoms with E-state index in [1.54, 1.807) is 25.1 Å². The summed E-state index contributed by atoms with van der Waals surface area (Å²) >= 11 is 6.42. The van der Waals surface area contributed by atoms with E-state index in [4.69, 9.17) is 11.6 Å². The van der Waals surface area contributed by atoms with E-state index in [0.717, 1.165) is 29.7 Å². The average Bonchev–Trinajstić information content (AvgIpc) is 2.64.